The monoisotopic (exact) mass is 423 g/mol. The fourth-order valence-electron chi connectivity index (χ4n) is 3.83. The van der Waals surface area contributed by atoms with Crippen LogP contribution in [0.25, 0.3) is 0 Å². The molecule has 0 saturated heterocycles. The largest absolute Gasteiger partial charge is 0.508 e. The van der Waals surface area contributed by atoms with E-state index in [1.165, 1.54) is 0 Å². The molecule has 0 spiro atoms. The molecule has 0 aliphatic carbocycles. The van der Waals surface area contributed by atoms with E-state index >= 15 is 0 Å². The van der Waals surface area contributed by atoms with Crippen LogP contribution >= 0.6 is 0 Å². The first kappa shape index (κ1) is 19.1. The molecule has 0 fully saturated rings. The van der Waals surface area contributed by atoms with E-state index in [1.54, 1.807) is 42.7 Å². The highest BCUT2D eigenvalue weighted by Crippen LogP contribution is 2.47. The van der Waals surface area contributed by atoms with Crippen molar-refractivity contribution in [3.05, 3.63) is 53.9 Å². The average Bonchev–Trinajstić information content (AvgIpc) is 3.42. The number of phenols is 2. The van der Waals surface area contributed by atoms with E-state index in [0.29, 0.717) is 53.0 Å². The molecule has 0 unspecified atom stereocenters. The van der Waals surface area contributed by atoms with Crippen LogP contribution in [0.1, 0.15) is 29.9 Å². The summed E-state index contributed by atoms with van der Waals surface area (Å²) in [6, 6.07) is 8.38. The lowest BCUT2D eigenvalue weighted by atomic mass is 9.85. The number of anilines is 1. The van der Waals surface area contributed by atoms with Gasteiger partial charge in [-0.3, -0.25) is 0 Å². The quantitative estimate of drug-likeness (QED) is 0.492. The van der Waals surface area contributed by atoms with Gasteiger partial charge in [0.1, 0.15) is 11.5 Å². The molecule has 9 nitrogen and oxygen atoms in total. The molecular formula is C22H21N3O6. The average molecular weight is 423 g/mol. The van der Waals surface area contributed by atoms with E-state index in [2.05, 4.69) is 15.3 Å². The number of rotatable bonds is 7. The molecular weight excluding hydrogens is 402 g/mol. The first-order chi connectivity index (χ1) is 15.2. The summed E-state index contributed by atoms with van der Waals surface area (Å²) in [5.74, 6) is 2.51. The van der Waals surface area contributed by atoms with Crippen molar-refractivity contribution in [3.8, 4) is 34.5 Å². The Balaban J connectivity index is 1.43. The third-order valence-corrected chi connectivity index (χ3v) is 5.31. The molecule has 1 aromatic heterocycles. The summed E-state index contributed by atoms with van der Waals surface area (Å²) in [7, 11) is 0. The zero-order valence-electron chi connectivity index (χ0n) is 16.6. The van der Waals surface area contributed by atoms with Crippen molar-refractivity contribution in [1.82, 2.24) is 9.97 Å². The minimum atomic E-state index is -0.317. The lowest BCUT2D eigenvalue weighted by Gasteiger charge is -2.21. The molecule has 31 heavy (non-hydrogen) atoms. The van der Waals surface area contributed by atoms with Crippen molar-refractivity contribution in [2.45, 2.75) is 18.8 Å². The lowest BCUT2D eigenvalue weighted by Crippen LogP contribution is -2.09. The minimum absolute atomic E-state index is 0.0747. The molecule has 3 N–H and O–H groups in total. The maximum atomic E-state index is 10.7. The molecule has 3 aromatic rings. The van der Waals surface area contributed by atoms with E-state index in [0.717, 1.165) is 6.42 Å². The SMILES string of the molecule is Oc1cc2c(cc1C(CCCNc1ncccn1)c1cc3c(cc1O)OCO3)OCO2. The summed E-state index contributed by atoms with van der Waals surface area (Å²) < 4.78 is 21.7. The van der Waals surface area contributed by atoms with Crippen LogP contribution in [0.4, 0.5) is 5.95 Å². The summed E-state index contributed by atoms with van der Waals surface area (Å²) in [6.45, 7) is 0.843. The summed E-state index contributed by atoms with van der Waals surface area (Å²) in [5, 5.41) is 24.6. The van der Waals surface area contributed by atoms with Gasteiger partial charge in [-0.25, -0.2) is 9.97 Å². The van der Waals surface area contributed by atoms with Crippen molar-refractivity contribution >= 4 is 5.95 Å². The zero-order valence-corrected chi connectivity index (χ0v) is 16.6. The van der Waals surface area contributed by atoms with Gasteiger partial charge >= 0.3 is 0 Å². The normalized spacial score (nSPS) is 13.6. The highest BCUT2D eigenvalue weighted by atomic mass is 16.7. The minimum Gasteiger partial charge on any atom is -0.508 e. The van der Waals surface area contributed by atoms with Gasteiger partial charge in [-0.1, -0.05) is 0 Å². The molecule has 0 bridgehead atoms. The van der Waals surface area contributed by atoms with Crippen LogP contribution < -0.4 is 24.3 Å². The predicted octanol–water partition coefficient (Wildman–Crippen LogP) is 3.37. The summed E-state index contributed by atoms with van der Waals surface area (Å²) in [5.41, 5.74) is 1.27. The molecule has 9 heteroatoms. The van der Waals surface area contributed by atoms with Gasteiger partial charge in [0, 0.05) is 48.1 Å². The summed E-state index contributed by atoms with van der Waals surface area (Å²) >= 11 is 0. The molecule has 2 aliphatic heterocycles. The smallest absolute Gasteiger partial charge is 0.231 e. The van der Waals surface area contributed by atoms with Gasteiger partial charge in [0.25, 0.3) is 0 Å². The zero-order chi connectivity index (χ0) is 21.2. The second-order valence-electron chi connectivity index (χ2n) is 7.22. The number of fused-ring (bicyclic) bond motifs is 2. The van der Waals surface area contributed by atoms with E-state index in [9.17, 15) is 10.2 Å². The second-order valence-corrected chi connectivity index (χ2v) is 7.22. The van der Waals surface area contributed by atoms with E-state index in [1.807, 2.05) is 0 Å². The number of aromatic nitrogens is 2. The fourth-order valence-corrected chi connectivity index (χ4v) is 3.83. The number of phenolic OH excluding ortho intramolecular Hbond substituents is 2. The van der Waals surface area contributed by atoms with E-state index in [-0.39, 0.29) is 31.0 Å². The van der Waals surface area contributed by atoms with Gasteiger partial charge in [0.05, 0.1) is 0 Å². The molecule has 0 atom stereocenters. The molecule has 0 amide bonds. The highest BCUT2D eigenvalue weighted by molar-refractivity contribution is 5.58. The molecule has 0 radical (unpaired) electrons. The molecule has 160 valence electrons. The standard InChI is InChI=1S/C22H21N3O6/c26-16-9-20-18(28-11-30-20)7-14(16)13(3-1-4-23-22-24-5-2-6-25-22)15-8-19-21(10-17(15)27)31-12-29-19/h2,5-10,13,26-27H,1,3-4,11-12H2,(H,23,24,25). The topological polar surface area (TPSA) is 115 Å². The number of aromatic hydroxyl groups is 2. The first-order valence-corrected chi connectivity index (χ1v) is 9.95. The Morgan fingerprint density at radius 2 is 1.32 bits per heavy atom. The Kier molecular flexibility index (Phi) is 4.99. The van der Waals surface area contributed by atoms with Crippen molar-refractivity contribution in [2.24, 2.45) is 0 Å². The molecule has 0 saturated carbocycles. The first-order valence-electron chi connectivity index (χ1n) is 9.95. The molecule has 2 aromatic carbocycles. The van der Waals surface area contributed by atoms with Gasteiger partial charge in [-0.2, -0.15) is 0 Å². The van der Waals surface area contributed by atoms with E-state index in [4.69, 9.17) is 18.9 Å². The van der Waals surface area contributed by atoms with Crippen LogP contribution in [-0.2, 0) is 0 Å². The van der Waals surface area contributed by atoms with Crippen molar-refractivity contribution < 1.29 is 29.2 Å². The molecule has 2 aliphatic rings. The number of nitrogens with one attached hydrogen (secondary N) is 1. The Bertz CT molecular complexity index is 1030. The van der Waals surface area contributed by atoms with Gasteiger partial charge in [0.2, 0.25) is 19.5 Å². The number of ether oxygens (including phenoxy) is 4. The Morgan fingerprint density at radius 3 is 1.87 bits per heavy atom. The van der Waals surface area contributed by atoms with Crippen LogP contribution in [0.15, 0.2) is 42.7 Å². The third kappa shape index (κ3) is 3.81. The Labute approximate surface area is 178 Å². The van der Waals surface area contributed by atoms with Crippen LogP contribution in [0.3, 0.4) is 0 Å². The predicted molar refractivity (Wildman–Crippen MR) is 110 cm³/mol. The number of hydrogen-bond acceptors (Lipinski definition) is 9. The second kappa shape index (κ2) is 8.10. The highest BCUT2D eigenvalue weighted by Gasteiger charge is 2.27. The van der Waals surface area contributed by atoms with Gasteiger partial charge in [0.15, 0.2) is 23.0 Å². The third-order valence-electron chi connectivity index (χ3n) is 5.31. The van der Waals surface area contributed by atoms with Crippen molar-refractivity contribution in [2.75, 3.05) is 25.4 Å². The van der Waals surface area contributed by atoms with Crippen LogP contribution in [-0.4, -0.2) is 40.3 Å². The van der Waals surface area contributed by atoms with Gasteiger partial charge < -0.3 is 34.5 Å². The van der Waals surface area contributed by atoms with Gasteiger partial charge in [-0.15, -0.1) is 0 Å². The maximum absolute atomic E-state index is 10.7. The van der Waals surface area contributed by atoms with Crippen molar-refractivity contribution in [3.63, 3.8) is 0 Å². The Morgan fingerprint density at radius 1 is 0.806 bits per heavy atom. The van der Waals surface area contributed by atoms with Crippen LogP contribution in [0, 0.1) is 0 Å². The molecule has 3 heterocycles. The van der Waals surface area contributed by atoms with E-state index < -0.39 is 0 Å². The number of benzene rings is 2. The maximum Gasteiger partial charge on any atom is 0.231 e. The lowest BCUT2D eigenvalue weighted by molar-refractivity contribution is 0.173. The number of nitrogens with zero attached hydrogens (tertiary/aromatic N) is 2. The Hall–Kier alpha value is -3.88. The van der Waals surface area contributed by atoms with Crippen molar-refractivity contribution in [1.29, 1.82) is 0 Å². The van der Waals surface area contributed by atoms with Gasteiger partial charge in [-0.05, 0) is 31.0 Å². The summed E-state index contributed by atoms with van der Waals surface area (Å²) in [6.07, 6.45) is 4.70. The molecule has 5 rings (SSSR count). The number of hydrogen-bond donors (Lipinski definition) is 3. The van der Waals surface area contributed by atoms with Crippen LogP contribution in [0.5, 0.6) is 34.5 Å². The fraction of sp³-hybridized carbons (Fsp3) is 0.273. The summed E-state index contributed by atoms with van der Waals surface area (Å²) in [4.78, 5) is 8.31. The van der Waals surface area contributed by atoms with Crippen LogP contribution in [0.2, 0.25) is 0 Å².